The van der Waals surface area contributed by atoms with E-state index in [9.17, 15) is 35.5 Å². The minimum absolute atomic E-state index is 0. The van der Waals surface area contributed by atoms with E-state index in [1.807, 2.05) is 0 Å². The van der Waals surface area contributed by atoms with Gasteiger partial charge in [-0.25, -0.2) is 16.8 Å². The first-order chi connectivity index (χ1) is 27.4. The third-order valence-corrected chi connectivity index (χ3v) is 9.71. The van der Waals surface area contributed by atoms with Crippen LogP contribution in [0.5, 0.6) is 0 Å². The average molecular weight is 910 g/mol. The smallest absolute Gasteiger partial charge is 0.744 e. The normalized spacial score (nSPS) is 11.2. The Labute approximate surface area is 395 Å². The third-order valence-electron chi connectivity index (χ3n) is 7.59. The number of rotatable bonds is 14. The van der Waals surface area contributed by atoms with E-state index in [1.165, 1.54) is 48.5 Å². The van der Waals surface area contributed by atoms with Crippen LogP contribution >= 0.6 is 23.2 Å². The molecule has 0 saturated heterocycles. The molecule has 60 heavy (non-hydrogen) atoms. The molecule has 0 unspecified atom stereocenters. The van der Waals surface area contributed by atoms with Crippen molar-refractivity contribution in [3.8, 4) is 0 Å². The van der Waals surface area contributed by atoms with Crippen LogP contribution in [0, 0.1) is 0 Å². The molecular formula is C34H24Cl2N12Na2O8S2. The number of halogens is 2. The fraction of sp³-hybridized carbons (Fsp3) is 0. The maximum atomic E-state index is 12.4. The Kier molecular flexibility index (Phi) is 16.1. The van der Waals surface area contributed by atoms with E-state index in [-0.39, 0.29) is 127 Å². The van der Waals surface area contributed by atoms with Gasteiger partial charge in [-0.05, 0) is 107 Å². The van der Waals surface area contributed by atoms with E-state index >= 15 is 0 Å². The van der Waals surface area contributed by atoms with Gasteiger partial charge in [0.2, 0.25) is 46.2 Å². The predicted octanol–water partition coefficient (Wildman–Crippen LogP) is -1.48. The number of hydrogen-bond acceptors (Lipinski definition) is 18. The van der Waals surface area contributed by atoms with Crippen LogP contribution in [-0.2, 0) is 20.2 Å². The average Bonchev–Trinajstić information content (AvgIpc) is 3.14. The number of nitrogens with two attached hydrogens (primary N) is 2. The number of anilines is 8. The van der Waals surface area contributed by atoms with Crippen LogP contribution < -0.4 is 91.8 Å². The Morgan fingerprint density at radius 1 is 0.500 bits per heavy atom. The Morgan fingerprint density at radius 3 is 1.07 bits per heavy atom. The number of nitrogens with zero attached hydrogens (tertiary/aromatic N) is 6. The number of benzene rings is 4. The summed E-state index contributed by atoms with van der Waals surface area (Å²) in [4.78, 5) is 45.5. The van der Waals surface area contributed by atoms with Crippen molar-refractivity contribution in [3.05, 3.63) is 118 Å². The first-order valence-electron chi connectivity index (χ1n) is 16.0. The Bertz CT molecular complexity index is 2650. The zero-order chi connectivity index (χ0) is 41.8. The van der Waals surface area contributed by atoms with Gasteiger partial charge >= 0.3 is 59.1 Å². The summed E-state index contributed by atoms with van der Waals surface area (Å²) >= 11 is 12.1. The Hall–Kier alpha value is -4.82. The van der Waals surface area contributed by atoms with Crippen LogP contribution in [-0.4, -0.2) is 67.7 Å². The first-order valence-corrected chi connectivity index (χ1v) is 19.6. The number of primary amides is 2. The standard InChI is InChI=1S/C34H26Cl2N12O8S2.2Na/c35-29-43-31(39-21-9-5-19(6-10-21)27(37)49)47-33(45-29)41-23-13-3-17(25(15-23)57(51,52)53)1-2-18-4-14-24(16-26(18)58(54,55)56)42-34-46-30(36)44-32(48-34)40-22-11-7-20(8-12-22)28(38)50;;/h1-16H,(H2,37,49)(H2,38,50)(H,51,52,53)(H,54,55,56)(H2,39,41,43,45,47)(H2,40,42,44,46,48);;/q;2*+1/p-2/b2-1+;;. The van der Waals surface area contributed by atoms with E-state index in [1.54, 1.807) is 24.3 Å². The second-order valence-corrected chi connectivity index (χ2v) is 15.0. The van der Waals surface area contributed by atoms with Crippen molar-refractivity contribution in [1.82, 2.24) is 29.9 Å². The van der Waals surface area contributed by atoms with Gasteiger partial charge in [-0.15, -0.1) is 0 Å². The van der Waals surface area contributed by atoms with Crippen LogP contribution in [0.4, 0.5) is 46.5 Å². The van der Waals surface area contributed by atoms with Gasteiger partial charge in [0, 0.05) is 33.9 Å². The second kappa shape index (κ2) is 20.2. The van der Waals surface area contributed by atoms with Crippen LogP contribution in [0.1, 0.15) is 31.8 Å². The number of carbonyl (C=O) groups excluding carboxylic acids is 2. The summed E-state index contributed by atoms with van der Waals surface area (Å²) < 4.78 is 74.2. The van der Waals surface area contributed by atoms with Crippen LogP contribution in [0.15, 0.2) is 94.7 Å². The van der Waals surface area contributed by atoms with Gasteiger partial charge in [0.1, 0.15) is 20.2 Å². The van der Waals surface area contributed by atoms with E-state index in [0.717, 1.165) is 24.3 Å². The molecule has 0 radical (unpaired) electrons. The number of nitrogens with one attached hydrogen (secondary N) is 4. The van der Waals surface area contributed by atoms with Gasteiger partial charge in [0.15, 0.2) is 0 Å². The number of hydrogen-bond donors (Lipinski definition) is 6. The molecular weight excluding hydrogens is 885 g/mol. The predicted molar refractivity (Wildman–Crippen MR) is 210 cm³/mol. The molecule has 26 heteroatoms. The minimum Gasteiger partial charge on any atom is -0.744 e. The molecule has 2 heterocycles. The van der Waals surface area contributed by atoms with Gasteiger partial charge in [0.05, 0.1) is 9.79 Å². The molecule has 0 spiro atoms. The van der Waals surface area contributed by atoms with Crippen molar-refractivity contribution in [2.24, 2.45) is 11.5 Å². The number of carbonyl (C=O) groups is 2. The zero-order valence-corrected chi connectivity index (χ0v) is 38.1. The largest absolute Gasteiger partial charge is 1.00 e. The third kappa shape index (κ3) is 12.8. The molecule has 0 aliphatic carbocycles. The fourth-order valence-electron chi connectivity index (χ4n) is 4.99. The summed E-state index contributed by atoms with van der Waals surface area (Å²) in [5.41, 5.74) is 11.8. The van der Waals surface area contributed by atoms with Crippen molar-refractivity contribution >= 4 is 114 Å². The maximum Gasteiger partial charge on any atom is 1.00 e. The van der Waals surface area contributed by atoms with Gasteiger partial charge in [-0.2, -0.15) is 29.9 Å². The molecule has 8 N–H and O–H groups in total. The topological polar surface area (TPSA) is 326 Å². The molecule has 0 aliphatic rings. The molecule has 6 aromatic rings. The van der Waals surface area contributed by atoms with Crippen LogP contribution in [0.2, 0.25) is 10.6 Å². The second-order valence-electron chi connectivity index (χ2n) is 11.6. The quantitative estimate of drug-likeness (QED) is 0.0412. The van der Waals surface area contributed by atoms with E-state index in [4.69, 9.17) is 34.7 Å². The number of amides is 2. The van der Waals surface area contributed by atoms with Crippen molar-refractivity contribution in [3.63, 3.8) is 0 Å². The van der Waals surface area contributed by atoms with E-state index in [2.05, 4.69) is 51.2 Å². The summed E-state index contributed by atoms with van der Waals surface area (Å²) in [6, 6.07) is 19.3. The monoisotopic (exact) mass is 908 g/mol. The SMILES string of the molecule is NC(=O)c1ccc(Nc2nc(Cl)nc(Nc3ccc(/C=C/c4ccc(Nc5nc(Cl)nc(Nc6ccc(C(N)=O)cc6)n5)cc4S(=O)(=O)[O-])c(S(=O)(=O)[O-])c3)n2)cc1.[Na+].[Na+]. The van der Waals surface area contributed by atoms with Crippen LogP contribution in [0.25, 0.3) is 12.2 Å². The zero-order valence-electron chi connectivity index (χ0n) is 30.9. The minimum atomic E-state index is -5.14. The van der Waals surface area contributed by atoms with Gasteiger partial charge in [-0.3, -0.25) is 9.59 Å². The molecule has 4 aromatic carbocycles. The summed E-state index contributed by atoms with van der Waals surface area (Å²) in [6.45, 7) is 0. The first kappa shape index (κ1) is 47.9. The van der Waals surface area contributed by atoms with Gasteiger partial charge in [-0.1, -0.05) is 24.3 Å². The molecule has 296 valence electrons. The molecule has 2 amide bonds. The molecule has 2 aromatic heterocycles. The van der Waals surface area contributed by atoms with E-state index < -0.39 is 41.8 Å². The molecule has 6 rings (SSSR count). The van der Waals surface area contributed by atoms with Crippen molar-refractivity contribution in [1.29, 1.82) is 0 Å². The fourth-order valence-corrected chi connectivity index (χ4v) is 6.70. The van der Waals surface area contributed by atoms with E-state index in [0.29, 0.717) is 11.4 Å². The molecule has 0 atom stereocenters. The van der Waals surface area contributed by atoms with Crippen LogP contribution in [0.3, 0.4) is 0 Å². The van der Waals surface area contributed by atoms with Crippen molar-refractivity contribution < 1.29 is 94.6 Å². The summed E-state index contributed by atoms with van der Waals surface area (Å²) in [7, 11) is -10.3. The molecule has 0 aliphatic heterocycles. The van der Waals surface area contributed by atoms with Crippen molar-refractivity contribution in [2.45, 2.75) is 9.79 Å². The summed E-state index contributed by atoms with van der Waals surface area (Å²) in [6.07, 6.45) is 2.27. The molecule has 0 bridgehead atoms. The Morgan fingerprint density at radius 2 is 0.783 bits per heavy atom. The summed E-state index contributed by atoms with van der Waals surface area (Å²) in [5, 5.41) is 10.7. The van der Waals surface area contributed by atoms with Gasteiger partial charge < -0.3 is 41.8 Å². The van der Waals surface area contributed by atoms with Crippen molar-refractivity contribution in [2.75, 3.05) is 21.3 Å². The maximum absolute atomic E-state index is 12.4. The summed E-state index contributed by atoms with van der Waals surface area (Å²) in [5.74, 6) is -1.58. The molecule has 20 nitrogen and oxygen atoms in total. The Balaban J connectivity index is 0.00000397. The molecule has 0 saturated carbocycles. The molecule has 0 fully saturated rings. The number of aromatic nitrogens is 6. The van der Waals surface area contributed by atoms with Gasteiger partial charge in [0.25, 0.3) is 0 Å².